The van der Waals surface area contributed by atoms with Crippen molar-refractivity contribution < 1.29 is 4.79 Å². The van der Waals surface area contributed by atoms with Crippen LogP contribution in [0, 0.1) is 0 Å². The van der Waals surface area contributed by atoms with Gasteiger partial charge in [0.2, 0.25) is 5.91 Å². The van der Waals surface area contributed by atoms with Gasteiger partial charge in [-0.15, -0.1) is 0 Å². The van der Waals surface area contributed by atoms with Crippen LogP contribution in [-0.2, 0) is 10.2 Å². The molecule has 0 bridgehead atoms. The summed E-state index contributed by atoms with van der Waals surface area (Å²) in [5, 5.41) is 0. The predicted molar refractivity (Wildman–Crippen MR) is 157 cm³/mol. The van der Waals surface area contributed by atoms with Gasteiger partial charge in [-0.25, -0.2) is 0 Å². The van der Waals surface area contributed by atoms with Crippen molar-refractivity contribution in [3.05, 3.63) is 52.4 Å². The first-order valence-corrected chi connectivity index (χ1v) is 15.1. The molecule has 202 valence electrons. The summed E-state index contributed by atoms with van der Waals surface area (Å²) in [7, 11) is 0. The van der Waals surface area contributed by atoms with E-state index in [2.05, 4.69) is 68.7 Å². The van der Waals surface area contributed by atoms with Gasteiger partial charge in [0.1, 0.15) is 5.41 Å². The van der Waals surface area contributed by atoms with Crippen molar-refractivity contribution in [2.45, 2.75) is 117 Å². The van der Waals surface area contributed by atoms with Crippen molar-refractivity contribution in [1.29, 1.82) is 0 Å². The molecule has 4 heteroatoms. The summed E-state index contributed by atoms with van der Waals surface area (Å²) < 4.78 is 0. The fourth-order valence-electron chi connectivity index (χ4n) is 6.22. The lowest BCUT2D eigenvalue weighted by Gasteiger charge is -2.49. The van der Waals surface area contributed by atoms with Crippen molar-refractivity contribution in [3.63, 3.8) is 0 Å². The summed E-state index contributed by atoms with van der Waals surface area (Å²) in [6.07, 6.45) is 14.1. The number of allylic oxidation sites excluding steroid dienone is 4. The smallest absolute Gasteiger partial charge is 0.241 e. The molecule has 0 radical (unpaired) electrons. The number of hydrogen-bond acceptors (Lipinski definition) is 3. The molecule has 0 atom stereocenters. The molecular formula is C33H49N3O. The predicted octanol–water partition coefficient (Wildman–Crippen LogP) is 8.33. The Bertz CT molecular complexity index is 1050. The van der Waals surface area contributed by atoms with Crippen molar-refractivity contribution in [3.8, 4) is 0 Å². The lowest BCUT2D eigenvalue weighted by molar-refractivity contribution is -0.128. The van der Waals surface area contributed by atoms with Gasteiger partial charge in [0.05, 0.1) is 6.54 Å². The molecular weight excluding hydrogens is 454 g/mol. The Hall–Kier alpha value is -2.36. The largest absolute Gasteiger partial charge is 0.372 e. The van der Waals surface area contributed by atoms with Crippen molar-refractivity contribution >= 4 is 17.3 Å². The van der Waals surface area contributed by atoms with E-state index in [1.165, 1.54) is 79.6 Å². The van der Waals surface area contributed by atoms with Crippen LogP contribution in [0.3, 0.4) is 0 Å². The number of carbonyl (C=O) groups excluding carboxylic acids is 1. The van der Waals surface area contributed by atoms with Crippen LogP contribution in [0.15, 0.2) is 51.8 Å². The zero-order valence-electron chi connectivity index (χ0n) is 24.2. The Morgan fingerprint density at radius 1 is 0.973 bits per heavy atom. The van der Waals surface area contributed by atoms with Crippen LogP contribution in [0.5, 0.6) is 0 Å². The minimum atomic E-state index is -0.374. The van der Waals surface area contributed by atoms with Crippen LogP contribution in [0.1, 0.15) is 117 Å². The van der Waals surface area contributed by atoms with Crippen LogP contribution in [0.25, 0.3) is 0 Å². The second kappa shape index (κ2) is 12.5. The van der Waals surface area contributed by atoms with Crippen LogP contribution >= 0.6 is 0 Å². The molecule has 5 rings (SSSR count). The Labute approximate surface area is 225 Å². The van der Waals surface area contributed by atoms with Gasteiger partial charge in [-0.2, -0.15) is 0 Å². The van der Waals surface area contributed by atoms with Gasteiger partial charge in [0.25, 0.3) is 0 Å². The monoisotopic (exact) mass is 503 g/mol. The van der Waals surface area contributed by atoms with Gasteiger partial charge in [-0.05, 0) is 76.3 Å². The highest BCUT2D eigenvalue weighted by atomic mass is 16.2. The number of carbonyl (C=O) groups is 1. The number of likely N-dealkylation sites (tertiary alicyclic amines) is 1. The molecule has 2 fully saturated rings. The second-order valence-corrected chi connectivity index (χ2v) is 11.5. The number of aliphatic imine (C=N–C) groups is 1. The average Bonchev–Trinajstić information content (AvgIpc) is 3.68. The third-order valence-corrected chi connectivity index (χ3v) is 8.32. The van der Waals surface area contributed by atoms with E-state index in [4.69, 9.17) is 4.99 Å². The number of anilines is 1. The number of nitrogens with zero attached hydrogens (tertiary/aromatic N) is 3. The maximum Gasteiger partial charge on any atom is 0.241 e. The van der Waals surface area contributed by atoms with Gasteiger partial charge in [-0.3, -0.25) is 9.79 Å². The highest BCUT2D eigenvalue weighted by Crippen LogP contribution is 2.50. The lowest BCUT2D eigenvalue weighted by Crippen LogP contribution is -2.63. The molecule has 37 heavy (non-hydrogen) atoms. The van der Waals surface area contributed by atoms with Crippen LogP contribution in [0.2, 0.25) is 0 Å². The maximum absolute atomic E-state index is 14.0. The lowest BCUT2D eigenvalue weighted by atomic mass is 9.74. The number of unbranched alkanes of at least 4 members (excludes halogenated alkanes) is 2. The molecule has 1 amide bonds. The summed E-state index contributed by atoms with van der Waals surface area (Å²) in [6.45, 7) is 13.3. The Morgan fingerprint density at radius 3 is 2.32 bits per heavy atom. The number of rotatable bonds is 9. The third kappa shape index (κ3) is 5.89. The Balaban J connectivity index is 0.00000102. The van der Waals surface area contributed by atoms with Gasteiger partial charge in [0.15, 0.2) is 0 Å². The molecule has 4 nitrogen and oxygen atoms in total. The van der Waals surface area contributed by atoms with Gasteiger partial charge in [-0.1, -0.05) is 76.3 Å². The fourth-order valence-corrected chi connectivity index (χ4v) is 6.22. The molecule has 0 unspecified atom stereocenters. The molecule has 2 aliphatic heterocycles. The maximum atomic E-state index is 14.0. The van der Waals surface area contributed by atoms with E-state index >= 15 is 0 Å². The van der Waals surface area contributed by atoms with E-state index in [9.17, 15) is 4.79 Å². The van der Waals surface area contributed by atoms with Crippen LogP contribution in [0.4, 0.5) is 5.69 Å². The third-order valence-electron chi connectivity index (χ3n) is 8.32. The zero-order chi connectivity index (χ0) is 26.4. The first-order chi connectivity index (χ1) is 18.0. The van der Waals surface area contributed by atoms with Gasteiger partial charge in [0, 0.05) is 35.9 Å². The normalized spacial score (nSPS) is 20.1. The first-order valence-electron chi connectivity index (χ1n) is 15.1. The quantitative estimate of drug-likeness (QED) is 0.251. The summed E-state index contributed by atoms with van der Waals surface area (Å²) in [5.41, 5.74) is 8.99. The Kier molecular flexibility index (Phi) is 9.31. The number of fused-ring (bicyclic) bond motifs is 2. The van der Waals surface area contributed by atoms with E-state index in [0.29, 0.717) is 12.5 Å². The number of benzene rings is 1. The van der Waals surface area contributed by atoms with Crippen molar-refractivity contribution in [2.75, 3.05) is 24.5 Å². The van der Waals surface area contributed by atoms with Crippen LogP contribution < -0.4 is 4.90 Å². The number of amides is 1. The van der Waals surface area contributed by atoms with Crippen LogP contribution in [-0.4, -0.2) is 36.2 Å². The number of para-hydroxylation sites is 1. The molecule has 0 aromatic heterocycles. The van der Waals surface area contributed by atoms with E-state index in [1.54, 1.807) is 5.57 Å². The van der Waals surface area contributed by atoms with E-state index < -0.39 is 0 Å². The number of hydrogen-bond donors (Lipinski definition) is 0. The van der Waals surface area contributed by atoms with E-state index in [1.807, 2.05) is 0 Å². The van der Waals surface area contributed by atoms with Crippen molar-refractivity contribution in [1.82, 2.24) is 4.90 Å². The Morgan fingerprint density at radius 2 is 1.68 bits per heavy atom. The van der Waals surface area contributed by atoms with Gasteiger partial charge >= 0.3 is 0 Å². The molecule has 1 aromatic carbocycles. The average molecular weight is 504 g/mol. The van der Waals surface area contributed by atoms with E-state index in [-0.39, 0.29) is 5.41 Å². The standard InChI is InChI=1S/C30H41N3O.C3H8/c1-4-6-7-13-24(31-26-15-10-8-12-22(26)3)19-33-28-16-11-9-14-25(28)30(29(33)34)20-32(21-30)27(5-2)23-17-18-23;1-3-2/h9,11,14,16H,4-8,10,12-13,15,17-21H2,1-3H3;3H2,1-2H3. The minimum Gasteiger partial charge on any atom is -0.372 e. The highest BCUT2D eigenvalue weighted by molar-refractivity contribution is 6.12. The minimum absolute atomic E-state index is 0.290. The molecule has 2 aliphatic carbocycles. The molecule has 1 spiro atoms. The van der Waals surface area contributed by atoms with E-state index in [0.717, 1.165) is 44.5 Å². The summed E-state index contributed by atoms with van der Waals surface area (Å²) in [6, 6.07) is 8.54. The van der Waals surface area contributed by atoms with Gasteiger partial charge < -0.3 is 9.80 Å². The topological polar surface area (TPSA) is 35.9 Å². The fraction of sp³-hybridized carbons (Fsp3) is 0.636. The molecule has 1 saturated heterocycles. The zero-order valence-corrected chi connectivity index (χ0v) is 24.2. The summed E-state index contributed by atoms with van der Waals surface area (Å²) in [5.74, 6) is 0.290. The molecule has 1 saturated carbocycles. The molecule has 0 N–H and O–H groups in total. The van der Waals surface area contributed by atoms with Crippen molar-refractivity contribution in [2.24, 2.45) is 4.99 Å². The first kappa shape index (κ1) is 27.7. The molecule has 2 heterocycles. The molecule has 4 aliphatic rings. The second-order valence-electron chi connectivity index (χ2n) is 11.5. The SMILES string of the molecule is CCC.CCCCCC(CN1C(=O)C2(CN(C(CC)=C3CC3)C2)c2ccccc21)=NC1=C(C)CCCC1. The highest BCUT2D eigenvalue weighted by Gasteiger charge is 2.58. The summed E-state index contributed by atoms with van der Waals surface area (Å²) in [4.78, 5) is 23.8. The summed E-state index contributed by atoms with van der Waals surface area (Å²) >= 11 is 0. The molecule has 1 aromatic rings.